The molecule has 3 heteroatoms. The van der Waals surface area contributed by atoms with Crippen LogP contribution in [-0.4, -0.2) is 5.11 Å². The fourth-order valence-electron chi connectivity index (χ4n) is 2.23. The molecule has 0 aliphatic rings. The summed E-state index contributed by atoms with van der Waals surface area (Å²) in [6, 6.07) is 19.3. The molecule has 0 saturated heterocycles. The Morgan fingerprint density at radius 1 is 0.900 bits per heavy atom. The highest BCUT2D eigenvalue weighted by molar-refractivity contribution is 5.85. The van der Waals surface area contributed by atoms with Gasteiger partial charge in [-0.1, -0.05) is 48.5 Å². The average Bonchev–Trinajstić information content (AvgIpc) is 2.49. The van der Waals surface area contributed by atoms with E-state index < -0.39 is 0 Å². The smallest absolute Gasteiger partial charge is 0.146 e. The normalized spacial score (nSPS) is 10.6. The summed E-state index contributed by atoms with van der Waals surface area (Å²) in [5.41, 5.74) is 7.14. The molecular weight excluding hydrogens is 250 g/mol. The quantitative estimate of drug-likeness (QED) is 0.560. The first kappa shape index (κ1) is 12.4. The van der Waals surface area contributed by atoms with Gasteiger partial charge in [-0.2, -0.15) is 0 Å². The van der Waals surface area contributed by atoms with Crippen molar-refractivity contribution in [3.05, 3.63) is 66.2 Å². The third-order valence-corrected chi connectivity index (χ3v) is 3.31. The molecule has 0 bridgehead atoms. The van der Waals surface area contributed by atoms with Crippen LogP contribution in [0.15, 0.2) is 60.7 Å². The molecule has 0 atom stereocenters. The van der Waals surface area contributed by atoms with E-state index in [0.717, 1.165) is 10.9 Å². The predicted octanol–water partition coefficient (Wildman–Crippen LogP) is 3.71. The number of rotatable bonds is 3. The van der Waals surface area contributed by atoms with Gasteiger partial charge in [0.1, 0.15) is 23.8 Å². The fourth-order valence-corrected chi connectivity index (χ4v) is 2.23. The van der Waals surface area contributed by atoms with Crippen LogP contribution in [0.4, 0.5) is 5.69 Å². The van der Waals surface area contributed by atoms with Crippen molar-refractivity contribution in [1.82, 2.24) is 0 Å². The van der Waals surface area contributed by atoms with E-state index in [0.29, 0.717) is 12.4 Å². The first-order valence-corrected chi connectivity index (χ1v) is 6.42. The lowest BCUT2D eigenvalue weighted by atomic mass is 10.1. The molecule has 3 aromatic carbocycles. The van der Waals surface area contributed by atoms with E-state index in [9.17, 15) is 5.11 Å². The molecule has 0 aromatic heterocycles. The van der Waals surface area contributed by atoms with E-state index >= 15 is 0 Å². The lowest BCUT2D eigenvalue weighted by Crippen LogP contribution is -1.99. The van der Waals surface area contributed by atoms with Crippen molar-refractivity contribution in [2.75, 3.05) is 5.73 Å². The van der Waals surface area contributed by atoms with E-state index in [4.69, 9.17) is 10.5 Å². The number of aromatic hydroxyl groups is 1. The third-order valence-electron chi connectivity index (χ3n) is 3.31. The zero-order chi connectivity index (χ0) is 13.9. The van der Waals surface area contributed by atoms with Crippen molar-refractivity contribution in [2.24, 2.45) is 0 Å². The van der Waals surface area contributed by atoms with Gasteiger partial charge in [0.2, 0.25) is 0 Å². The first-order valence-electron chi connectivity index (χ1n) is 6.42. The van der Waals surface area contributed by atoms with Gasteiger partial charge < -0.3 is 15.6 Å². The van der Waals surface area contributed by atoms with E-state index in [1.54, 1.807) is 18.2 Å². The van der Waals surface area contributed by atoms with Crippen LogP contribution in [-0.2, 0) is 6.61 Å². The molecule has 20 heavy (non-hydrogen) atoms. The summed E-state index contributed by atoms with van der Waals surface area (Å²) >= 11 is 0. The minimum absolute atomic E-state index is 0.0421. The number of para-hydroxylation sites is 1. The van der Waals surface area contributed by atoms with Crippen molar-refractivity contribution >= 4 is 16.5 Å². The Labute approximate surface area is 117 Å². The number of hydrogen-bond acceptors (Lipinski definition) is 3. The highest BCUT2D eigenvalue weighted by Gasteiger charge is 2.06. The number of anilines is 1. The number of ether oxygens (including phenoxy) is 1. The van der Waals surface area contributed by atoms with Crippen LogP contribution in [0.2, 0.25) is 0 Å². The fraction of sp³-hybridized carbons (Fsp3) is 0.0588. The maximum Gasteiger partial charge on any atom is 0.146 e. The SMILES string of the molecule is Nc1c(O)cccc1OCc1cccc2ccccc12. The topological polar surface area (TPSA) is 55.5 Å². The molecule has 100 valence electrons. The number of nitrogen functional groups attached to an aromatic ring is 1. The van der Waals surface area contributed by atoms with Crippen LogP contribution in [0.25, 0.3) is 10.8 Å². The molecule has 3 rings (SSSR count). The van der Waals surface area contributed by atoms with Crippen molar-refractivity contribution < 1.29 is 9.84 Å². The van der Waals surface area contributed by atoms with E-state index in [2.05, 4.69) is 18.2 Å². The molecule has 3 nitrogen and oxygen atoms in total. The first-order chi connectivity index (χ1) is 9.75. The van der Waals surface area contributed by atoms with Crippen LogP contribution >= 0.6 is 0 Å². The summed E-state index contributed by atoms with van der Waals surface area (Å²) in [6.07, 6.45) is 0. The van der Waals surface area contributed by atoms with Gasteiger partial charge >= 0.3 is 0 Å². The highest BCUT2D eigenvalue weighted by atomic mass is 16.5. The Bertz CT molecular complexity index is 748. The average molecular weight is 265 g/mol. The maximum absolute atomic E-state index is 9.56. The Hall–Kier alpha value is -2.68. The molecular formula is C17H15NO2. The maximum atomic E-state index is 9.56. The van der Waals surface area contributed by atoms with Gasteiger partial charge in [-0.25, -0.2) is 0 Å². The third kappa shape index (κ3) is 2.26. The van der Waals surface area contributed by atoms with Crippen LogP contribution in [0.1, 0.15) is 5.56 Å². The zero-order valence-corrected chi connectivity index (χ0v) is 10.9. The number of nitrogens with two attached hydrogens (primary N) is 1. The monoisotopic (exact) mass is 265 g/mol. The van der Waals surface area contributed by atoms with Crippen molar-refractivity contribution in [1.29, 1.82) is 0 Å². The Kier molecular flexibility index (Phi) is 3.17. The lowest BCUT2D eigenvalue weighted by molar-refractivity contribution is 0.308. The van der Waals surface area contributed by atoms with E-state index in [-0.39, 0.29) is 11.4 Å². The second-order valence-electron chi connectivity index (χ2n) is 4.62. The van der Waals surface area contributed by atoms with Crippen LogP contribution < -0.4 is 10.5 Å². The summed E-state index contributed by atoms with van der Waals surface area (Å²) in [5, 5.41) is 11.9. The number of phenols is 1. The van der Waals surface area contributed by atoms with Crippen molar-refractivity contribution in [2.45, 2.75) is 6.61 Å². The summed E-state index contributed by atoms with van der Waals surface area (Å²) in [4.78, 5) is 0. The molecule has 0 fully saturated rings. The van der Waals surface area contributed by atoms with Crippen LogP contribution in [0.3, 0.4) is 0 Å². The van der Waals surface area contributed by atoms with Gasteiger partial charge in [0.05, 0.1) is 0 Å². The highest BCUT2D eigenvalue weighted by Crippen LogP contribution is 2.31. The molecule has 0 unspecified atom stereocenters. The Balaban J connectivity index is 1.89. The van der Waals surface area contributed by atoms with Gasteiger partial charge in [-0.05, 0) is 28.5 Å². The molecule has 0 heterocycles. The standard InChI is InChI=1S/C17H15NO2/c18-17-15(19)9-4-10-16(17)20-11-13-7-3-6-12-5-1-2-8-14(12)13/h1-10,19H,11,18H2. The van der Waals surface area contributed by atoms with Crippen LogP contribution in [0, 0.1) is 0 Å². The van der Waals surface area contributed by atoms with Gasteiger partial charge in [-0.3, -0.25) is 0 Å². The number of benzene rings is 3. The number of phenolic OH excluding ortho intramolecular Hbond substituents is 1. The largest absolute Gasteiger partial charge is 0.506 e. The molecule has 3 N–H and O–H groups in total. The van der Waals surface area contributed by atoms with E-state index in [1.807, 2.05) is 24.3 Å². The molecule has 3 aromatic rings. The second kappa shape index (κ2) is 5.13. The Morgan fingerprint density at radius 3 is 2.55 bits per heavy atom. The van der Waals surface area contributed by atoms with Gasteiger partial charge in [0.25, 0.3) is 0 Å². The summed E-state index contributed by atoms with van der Waals surface area (Å²) in [6.45, 7) is 0.412. The van der Waals surface area contributed by atoms with Gasteiger partial charge in [0, 0.05) is 0 Å². The van der Waals surface area contributed by atoms with Crippen molar-refractivity contribution in [3.8, 4) is 11.5 Å². The second-order valence-corrected chi connectivity index (χ2v) is 4.62. The molecule has 0 spiro atoms. The number of hydrogen-bond donors (Lipinski definition) is 2. The van der Waals surface area contributed by atoms with Crippen LogP contribution in [0.5, 0.6) is 11.5 Å². The van der Waals surface area contributed by atoms with E-state index in [1.165, 1.54) is 5.39 Å². The minimum atomic E-state index is 0.0421. The molecule has 0 radical (unpaired) electrons. The molecule has 0 saturated carbocycles. The Morgan fingerprint density at radius 2 is 1.65 bits per heavy atom. The minimum Gasteiger partial charge on any atom is -0.506 e. The molecule has 0 aliphatic carbocycles. The molecule has 0 amide bonds. The summed E-state index contributed by atoms with van der Waals surface area (Å²) < 4.78 is 5.73. The lowest BCUT2D eigenvalue weighted by Gasteiger charge is -2.11. The number of fused-ring (bicyclic) bond motifs is 1. The molecule has 0 aliphatic heterocycles. The zero-order valence-electron chi connectivity index (χ0n) is 10.9. The van der Waals surface area contributed by atoms with Gasteiger partial charge in [-0.15, -0.1) is 0 Å². The summed E-state index contributed by atoms with van der Waals surface area (Å²) in [7, 11) is 0. The predicted molar refractivity (Wildman–Crippen MR) is 80.8 cm³/mol. The van der Waals surface area contributed by atoms with Crippen molar-refractivity contribution in [3.63, 3.8) is 0 Å². The van der Waals surface area contributed by atoms with Gasteiger partial charge in [0.15, 0.2) is 0 Å². The summed E-state index contributed by atoms with van der Waals surface area (Å²) in [5.74, 6) is 0.540.